The third-order valence-corrected chi connectivity index (χ3v) is 3.73. The summed E-state index contributed by atoms with van der Waals surface area (Å²) in [5, 5.41) is 11.1. The highest BCUT2D eigenvalue weighted by Crippen LogP contribution is 2.22. The zero-order valence-corrected chi connectivity index (χ0v) is 13.4. The SMILES string of the molecule is COC(=O)c1cc(C(=O)n2c(C)nc3ccccc32)cc([N+](=O)[O-])c1. The Morgan fingerprint density at radius 1 is 1.16 bits per heavy atom. The number of ether oxygens (including phenoxy) is 1. The van der Waals surface area contributed by atoms with Crippen LogP contribution in [0.4, 0.5) is 5.69 Å². The number of esters is 1. The first-order valence-electron chi connectivity index (χ1n) is 7.29. The van der Waals surface area contributed by atoms with E-state index in [2.05, 4.69) is 9.72 Å². The van der Waals surface area contributed by atoms with Crippen molar-refractivity contribution in [2.75, 3.05) is 7.11 Å². The standard InChI is InChI=1S/C17H13N3O5/c1-10-18-14-5-3-4-6-15(14)19(10)16(21)11-7-12(17(22)25-2)9-13(8-11)20(23)24/h3-9H,1-2H3. The van der Waals surface area contributed by atoms with Crippen LogP contribution in [-0.4, -0.2) is 33.5 Å². The van der Waals surface area contributed by atoms with E-state index in [0.29, 0.717) is 16.9 Å². The van der Waals surface area contributed by atoms with Crippen molar-refractivity contribution in [3.63, 3.8) is 0 Å². The molecule has 0 aliphatic heterocycles. The van der Waals surface area contributed by atoms with E-state index in [1.807, 2.05) is 0 Å². The number of methoxy groups -OCH3 is 1. The van der Waals surface area contributed by atoms with Gasteiger partial charge >= 0.3 is 5.97 Å². The number of para-hydroxylation sites is 2. The molecule has 0 aliphatic rings. The fourth-order valence-electron chi connectivity index (χ4n) is 2.61. The van der Waals surface area contributed by atoms with E-state index < -0.39 is 16.8 Å². The number of carbonyl (C=O) groups is 2. The molecule has 1 aromatic heterocycles. The summed E-state index contributed by atoms with van der Waals surface area (Å²) in [7, 11) is 1.16. The highest BCUT2D eigenvalue weighted by molar-refractivity contribution is 6.04. The fraction of sp³-hybridized carbons (Fsp3) is 0.118. The van der Waals surface area contributed by atoms with Gasteiger partial charge in [0.1, 0.15) is 5.82 Å². The molecule has 2 aromatic carbocycles. The number of nitrogens with zero attached hydrogens (tertiary/aromatic N) is 3. The van der Waals surface area contributed by atoms with Crippen LogP contribution in [0.15, 0.2) is 42.5 Å². The van der Waals surface area contributed by atoms with Gasteiger partial charge in [-0.05, 0) is 25.1 Å². The van der Waals surface area contributed by atoms with Gasteiger partial charge in [0.25, 0.3) is 11.6 Å². The van der Waals surface area contributed by atoms with Gasteiger partial charge in [0.2, 0.25) is 0 Å². The first-order chi connectivity index (χ1) is 11.9. The molecule has 0 unspecified atom stereocenters. The molecule has 0 aliphatic carbocycles. The molecule has 3 rings (SSSR count). The molecule has 126 valence electrons. The third-order valence-electron chi connectivity index (χ3n) is 3.73. The molecule has 0 N–H and O–H groups in total. The van der Waals surface area contributed by atoms with Crippen molar-refractivity contribution in [1.29, 1.82) is 0 Å². The molecule has 0 atom stereocenters. The number of aryl methyl sites for hydroxylation is 1. The number of hydrogen-bond donors (Lipinski definition) is 0. The predicted octanol–water partition coefficient (Wildman–Crippen LogP) is 2.73. The maximum Gasteiger partial charge on any atom is 0.338 e. The molecule has 0 radical (unpaired) electrons. The predicted molar refractivity (Wildman–Crippen MR) is 88.6 cm³/mol. The minimum atomic E-state index is -0.759. The van der Waals surface area contributed by atoms with Gasteiger partial charge in [-0.15, -0.1) is 0 Å². The topological polar surface area (TPSA) is 104 Å². The first-order valence-corrected chi connectivity index (χ1v) is 7.29. The molecule has 0 saturated carbocycles. The average molecular weight is 339 g/mol. The van der Waals surface area contributed by atoms with Crippen molar-refractivity contribution < 1.29 is 19.2 Å². The van der Waals surface area contributed by atoms with Crippen molar-refractivity contribution >= 4 is 28.6 Å². The molecular formula is C17H13N3O5. The number of non-ortho nitro benzene ring substituents is 1. The Hall–Kier alpha value is -3.55. The van der Waals surface area contributed by atoms with Crippen LogP contribution >= 0.6 is 0 Å². The second kappa shape index (κ2) is 6.16. The van der Waals surface area contributed by atoms with Crippen molar-refractivity contribution in [2.24, 2.45) is 0 Å². The van der Waals surface area contributed by atoms with Gasteiger partial charge in [0, 0.05) is 17.7 Å². The lowest BCUT2D eigenvalue weighted by Crippen LogP contribution is -2.15. The maximum atomic E-state index is 12.9. The summed E-state index contributed by atoms with van der Waals surface area (Å²) in [6.45, 7) is 1.66. The normalized spacial score (nSPS) is 10.6. The van der Waals surface area contributed by atoms with Gasteiger partial charge in [0.05, 0.1) is 28.6 Å². The summed E-state index contributed by atoms with van der Waals surface area (Å²) in [5.41, 5.74) is 0.777. The summed E-state index contributed by atoms with van der Waals surface area (Å²) in [6.07, 6.45) is 0. The lowest BCUT2D eigenvalue weighted by atomic mass is 10.1. The van der Waals surface area contributed by atoms with Crippen LogP contribution in [0.5, 0.6) is 0 Å². The number of fused-ring (bicyclic) bond motifs is 1. The number of imidazole rings is 1. The Morgan fingerprint density at radius 2 is 1.84 bits per heavy atom. The minimum absolute atomic E-state index is 0.000790. The van der Waals surface area contributed by atoms with Crippen molar-refractivity contribution in [2.45, 2.75) is 6.92 Å². The summed E-state index contributed by atoms with van der Waals surface area (Å²) >= 11 is 0. The van der Waals surface area contributed by atoms with E-state index in [9.17, 15) is 19.7 Å². The van der Waals surface area contributed by atoms with Gasteiger partial charge in [-0.25, -0.2) is 9.78 Å². The smallest absolute Gasteiger partial charge is 0.338 e. The van der Waals surface area contributed by atoms with E-state index in [-0.39, 0.29) is 16.8 Å². The lowest BCUT2D eigenvalue weighted by Gasteiger charge is -2.07. The van der Waals surface area contributed by atoms with Gasteiger partial charge in [-0.2, -0.15) is 0 Å². The van der Waals surface area contributed by atoms with Crippen LogP contribution < -0.4 is 0 Å². The van der Waals surface area contributed by atoms with Gasteiger partial charge in [-0.3, -0.25) is 19.5 Å². The first kappa shape index (κ1) is 16.3. The Morgan fingerprint density at radius 3 is 2.52 bits per heavy atom. The van der Waals surface area contributed by atoms with Crippen LogP contribution in [-0.2, 0) is 4.74 Å². The fourth-order valence-corrected chi connectivity index (χ4v) is 2.61. The van der Waals surface area contributed by atoms with E-state index in [4.69, 9.17) is 0 Å². The molecule has 3 aromatic rings. The lowest BCUT2D eigenvalue weighted by molar-refractivity contribution is -0.384. The second-order valence-corrected chi connectivity index (χ2v) is 5.31. The molecule has 25 heavy (non-hydrogen) atoms. The molecule has 1 heterocycles. The van der Waals surface area contributed by atoms with Gasteiger partial charge in [-0.1, -0.05) is 12.1 Å². The summed E-state index contributed by atoms with van der Waals surface area (Å²) in [4.78, 5) is 39.5. The minimum Gasteiger partial charge on any atom is -0.465 e. The van der Waals surface area contributed by atoms with E-state index in [1.165, 1.54) is 10.6 Å². The quantitative estimate of drug-likeness (QED) is 0.413. The van der Waals surface area contributed by atoms with Crippen LogP contribution in [0, 0.1) is 17.0 Å². The molecular weight excluding hydrogens is 326 g/mol. The Labute approximate surface area is 141 Å². The Kier molecular flexibility index (Phi) is 4.02. The van der Waals surface area contributed by atoms with E-state index >= 15 is 0 Å². The number of hydrogen-bond acceptors (Lipinski definition) is 6. The maximum absolute atomic E-state index is 12.9. The van der Waals surface area contributed by atoms with Crippen LogP contribution in [0.1, 0.15) is 26.5 Å². The summed E-state index contributed by atoms with van der Waals surface area (Å²) < 4.78 is 5.96. The highest BCUT2D eigenvalue weighted by atomic mass is 16.6. The highest BCUT2D eigenvalue weighted by Gasteiger charge is 2.21. The molecule has 0 saturated heterocycles. The number of rotatable bonds is 3. The van der Waals surface area contributed by atoms with E-state index in [1.54, 1.807) is 31.2 Å². The third kappa shape index (κ3) is 2.85. The summed E-state index contributed by atoms with van der Waals surface area (Å²) in [6, 6.07) is 10.5. The molecule has 8 heteroatoms. The van der Waals surface area contributed by atoms with E-state index in [0.717, 1.165) is 19.2 Å². The number of nitro benzene ring substituents is 1. The number of aromatic nitrogens is 2. The summed E-state index contributed by atoms with van der Waals surface area (Å²) in [5.74, 6) is -0.831. The van der Waals surface area contributed by atoms with Crippen molar-refractivity contribution in [1.82, 2.24) is 9.55 Å². The number of nitro groups is 1. The van der Waals surface area contributed by atoms with Crippen LogP contribution in [0.25, 0.3) is 11.0 Å². The van der Waals surface area contributed by atoms with Crippen LogP contribution in [0.3, 0.4) is 0 Å². The van der Waals surface area contributed by atoms with Crippen molar-refractivity contribution in [3.05, 3.63) is 69.5 Å². The second-order valence-electron chi connectivity index (χ2n) is 5.31. The van der Waals surface area contributed by atoms with Gasteiger partial charge in [0.15, 0.2) is 0 Å². The Balaban J connectivity index is 2.19. The Bertz CT molecular complexity index is 1020. The largest absolute Gasteiger partial charge is 0.465 e. The molecule has 0 spiro atoms. The monoisotopic (exact) mass is 339 g/mol. The van der Waals surface area contributed by atoms with Crippen LogP contribution in [0.2, 0.25) is 0 Å². The molecule has 0 bridgehead atoms. The zero-order valence-electron chi connectivity index (χ0n) is 13.4. The van der Waals surface area contributed by atoms with Crippen molar-refractivity contribution in [3.8, 4) is 0 Å². The molecule has 0 fully saturated rings. The van der Waals surface area contributed by atoms with Gasteiger partial charge < -0.3 is 4.74 Å². The molecule has 8 nitrogen and oxygen atoms in total. The average Bonchev–Trinajstić information content (AvgIpc) is 2.95. The zero-order chi connectivity index (χ0) is 18.1. The molecule has 0 amide bonds. The number of benzene rings is 2. The number of carbonyl (C=O) groups excluding carboxylic acids is 2.